The predicted octanol–water partition coefficient (Wildman–Crippen LogP) is 5.70. The maximum atomic E-state index is 12.6. The van der Waals surface area contributed by atoms with Crippen molar-refractivity contribution < 1.29 is 14.3 Å². The molecule has 0 saturated heterocycles. The smallest absolute Gasteiger partial charge is 0.378 e. The van der Waals surface area contributed by atoms with Gasteiger partial charge in [-0.2, -0.15) is 0 Å². The summed E-state index contributed by atoms with van der Waals surface area (Å²) in [7, 11) is 0. The van der Waals surface area contributed by atoms with Crippen LogP contribution in [-0.4, -0.2) is 33.1 Å². The van der Waals surface area contributed by atoms with Crippen molar-refractivity contribution in [2.75, 3.05) is 6.61 Å². The lowest BCUT2D eigenvalue weighted by molar-refractivity contribution is 0.0462. The summed E-state index contributed by atoms with van der Waals surface area (Å²) < 4.78 is 7.68. The first-order chi connectivity index (χ1) is 15.4. The quantitative estimate of drug-likeness (QED) is 0.246. The van der Waals surface area contributed by atoms with Crippen LogP contribution in [0.4, 0.5) is 0 Å². The van der Waals surface area contributed by atoms with Gasteiger partial charge in [-0.1, -0.05) is 57.4 Å². The second kappa shape index (κ2) is 9.46. The molecule has 0 atom stereocenters. The summed E-state index contributed by atoms with van der Waals surface area (Å²) in [5, 5.41) is 4.88. The lowest BCUT2D eigenvalue weighted by Gasteiger charge is -2.06. The van der Waals surface area contributed by atoms with E-state index in [0.29, 0.717) is 16.4 Å². The Bertz CT molecular complexity index is 1200. The van der Waals surface area contributed by atoms with Gasteiger partial charge in [0.15, 0.2) is 18.2 Å². The Kier molecular flexibility index (Phi) is 6.48. The summed E-state index contributed by atoms with van der Waals surface area (Å²) in [5.74, 6) is -0.770. The Morgan fingerprint density at radius 2 is 1.62 bits per heavy atom. The van der Waals surface area contributed by atoms with Crippen molar-refractivity contribution in [1.29, 1.82) is 0 Å². The third-order valence-corrected chi connectivity index (χ3v) is 5.45. The van der Waals surface area contributed by atoms with E-state index in [1.165, 1.54) is 0 Å². The van der Waals surface area contributed by atoms with Crippen LogP contribution in [0.1, 0.15) is 26.5 Å². The Balaban J connectivity index is 1.60. The third kappa shape index (κ3) is 4.95. The number of ketones is 1. The highest BCUT2D eigenvalue weighted by atomic mass is 79.9. The van der Waals surface area contributed by atoms with Crippen molar-refractivity contribution in [3.8, 4) is 17.1 Å². The summed E-state index contributed by atoms with van der Waals surface area (Å²) in [6.45, 7) is 1.57. The zero-order chi connectivity index (χ0) is 22.7. The molecule has 4 aromatic rings. The van der Waals surface area contributed by atoms with E-state index in [4.69, 9.17) is 16.3 Å². The number of nitrogens with zero attached hydrogens (tertiary/aromatic N) is 3. The first-order valence-corrected chi connectivity index (χ1v) is 10.8. The van der Waals surface area contributed by atoms with Crippen LogP contribution in [0.2, 0.25) is 5.02 Å². The number of Topliss-reactive ketones (excluding diaryl/α,β-unsaturated/α-hetero) is 1. The molecule has 160 valence electrons. The average molecular weight is 511 g/mol. The summed E-state index contributed by atoms with van der Waals surface area (Å²) in [6.07, 6.45) is 0. The maximum Gasteiger partial charge on any atom is 0.378 e. The fraction of sp³-hybridized carbons (Fsp3) is 0.0833. The average Bonchev–Trinajstić information content (AvgIpc) is 3.24. The number of carbonyl (C=O) groups is 2. The van der Waals surface area contributed by atoms with Crippen molar-refractivity contribution in [3.05, 3.63) is 99.2 Å². The van der Waals surface area contributed by atoms with Crippen LogP contribution >= 0.6 is 27.5 Å². The van der Waals surface area contributed by atoms with E-state index in [2.05, 4.69) is 26.0 Å². The summed E-state index contributed by atoms with van der Waals surface area (Å²) in [4.78, 5) is 29.3. The molecular formula is C24H17BrClN3O3. The standard InChI is InChI=1S/C24H17BrClN3O3/c1-15-2-4-17(5-3-15)23-27-22(28-29(23)20-12-8-18(25)9-13-20)24(31)32-14-21(30)16-6-10-19(26)11-7-16/h2-13H,14H2,1H3. The highest BCUT2D eigenvalue weighted by Gasteiger charge is 2.21. The molecule has 1 heterocycles. The monoisotopic (exact) mass is 509 g/mol. The molecule has 0 spiro atoms. The Hall–Kier alpha value is -3.29. The number of aromatic nitrogens is 3. The van der Waals surface area contributed by atoms with Gasteiger partial charge in [0.2, 0.25) is 0 Å². The van der Waals surface area contributed by atoms with Crippen LogP contribution in [-0.2, 0) is 4.74 Å². The second-order valence-electron chi connectivity index (χ2n) is 7.02. The normalized spacial score (nSPS) is 10.7. The number of rotatable bonds is 6. The number of hydrogen-bond donors (Lipinski definition) is 0. The van der Waals surface area contributed by atoms with Gasteiger partial charge in [-0.3, -0.25) is 4.79 Å². The fourth-order valence-electron chi connectivity index (χ4n) is 2.97. The molecule has 1 aromatic heterocycles. The van der Waals surface area contributed by atoms with E-state index in [9.17, 15) is 9.59 Å². The number of ether oxygens (including phenoxy) is 1. The van der Waals surface area contributed by atoms with Crippen molar-refractivity contribution in [1.82, 2.24) is 14.8 Å². The topological polar surface area (TPSA) is 74.1 Å². The number of halogens is 2. The van der Waals surface area contributed by atoms with Crippen molar-refractivity contribution in [2.45, 2.75) is 6.92 Å². The van der Waals surface area contributed by atoms with Gasteiger partial charge in [0, 0.05) is 20.6 Å². The van der Waals surface area contributed by atoms with Crippen LogP contribution in [0.5, 0.6) is 0 Å². The fourth-order valence-corrected chi connectivity index (χ4v) is 3.36. The molecule has 3 aromatic carbocycles. The maximum absolute atomic E-state index is 12.6. The molecule has 0 aliphatic carbocycles. The van der Waals surface area contributed by atoms with Crippen LogP contribution in [0.25, 0.3) is 17.1 Å². The molecule has 8 heteroatoms. The highest BCUT2D eigenvalue weighted by Crippen LogP contribution is 2.23. The van der Waals surface area contributed by atoms with Gasteiger partial charge in [-0.05, 0) is 55.5 Å². The molecule has 32 heavy (non-hydrogen) atoms. The second-order valence-corrected chi connectivity index (χ2v) is 8.37. The molecule has 0 fully saturated rings. The van der Waals surface area contributed by atoms with Gasteiger partial charge in [-0.25, -0.2) is 14.5 Å². The first kappa shape index (κ1) is 21.9. The number of carbonyl (C=O) groups excluding carboxylic acids is 2. The molecule has 0 N–H and O–H groups in total. The van der Waals surface area contributed by atoms with Gasteiger partial charge in [0.05, 0.1) is 5.69 Å². The van der Waals surface area contributed by atoms with E-state index < -0.39 is 12.6 Å². The van der Waals surface area contributed by atoms with Crippen LogP contribution in [0, 0.1) is 6.92 Å². The van der Waals surface area contributed by atoms with E-state index >= 15 is 0 Å². The molecule has 0 unspecified atom stereocenters. The van der Waals surface area contributed by atoms with Gasteiger partial charge < -0.3 is 4.74 Å². The molecule has 6 nitrogen and oxygen atoms in total. The van der Waals surface area contributed by atoms with Gasteiger partial charge in [-0.15, -0.1) is 5.10 Å². The van der Waals surface area contributed by atoms with Crippen molar-refractivity contribution in [2.24, 2.45) is 0 Å². The Morgan fingerprint density at radius 1 is 0.969 bits per heavy atom. The molecule has 0 radical (unpaired) electrons. The summed E-state index contributed by atoms with van der Waals surface area (Å²) in [6, 6.07) is 21.6. The van der Waals surface area contributed by atoms with Crippen LogP contribution in [0.15, 0.2) is 77.3 Å². The summed E-state index contributed by atoms with van der Waals surface area (Å²) >= 11 is 9.26. The van der Waals surface area contributed by atoms with Crippen LogP contribution < -0.4 is 0 Å². The largest absolute Gasteiger partial charge is 0.451 e. The molecule has 0 saturated carbocycles. The van der Waals surface area contributed by atoms with E-state index in [1.54, 1.807) is 28.9 Å². The number of esters is 1. The van der Waals surface area contributed by atoms with Gasteiger partial charge >= 0.3 is 5.97 Å². The predicted molar refractivity (Wildman–Crippen MR) is 125 cm³/mol. The lowest BCUT2D eigenvalue weighted by Crippen LogP contribution is -2.15. The third-order valence-electron chi connectivity index (χ3n) is 4.67. The first-order valence-electron chi connectivity index (χ1n) is 9.66. The number of benzene rings is 3. The minimum atomic E-state index is -0.781. The lowest BCUT2D eigenvalue weighted by atomic mass is 10.1. The Morgan fingerprint density at radius 3 is 2.28 bits per heavy atom. The molecule has 0 aliphatic rings. The molecule has 4 rings (SSSR count). The van der Waals surface area contributed by atoms with E-state index in [1.807, 2.05) is 55.5 Å². The van der Waals surface area contributed by atoms with E-state index in [-0.39, 0.29) is 11.6 Å². The van der Waals surface area contributed by atoms with Gasteiger partial charge in [0.1, 0.15) is 0 Å². The minimum Gasteiger partial charge on any atom is -0.451 e. The SMILES string of the molecule is Cc1ccc(-c2nc(C(=O)OCC(=O)c3ccc(Cl)cc3)nn2-c2ccc(Br)cc2)cc1. The van der Waals surface area contributed by atoms with Crippen molar-refractivity contribution in [3.63, 3.8) is 0 Å². The zero-order valence-electron chi connectivity index (χ0n) is 17.0. The molecule has 0 amide bonds. The van der Waals surface area contributed by atoms with Gasteiger partial charge in [0.25, 0.3) is 5.82 Å². The van der Waals surface area contributed by atoms with Crippen LogP contribution in [0.3, 0.4) is 0 Å². The number of hydrogen-bond acceptors (Lipinski definition) is 5. The highest BCUT2D eigenvalue weighted by molar-refractivity contribution is 9.10. The summed E-state index contributed by atoms with van der Waals surface area (Å²) in [5.41, 5.74) is 3.02. The zero-order valence-corrected chi connectivity index (χ0v) is 19.3. The minimum absolute atomic E-state index is 0.132. The van der Waals surface area contributed by atoms with E-state index in [0.717, 1.165) is 21.3 Å². The molecule has 0 aliphatic heterocycles. The molecular weight excluding hydrogens is 494 g/mol. The number of aryl methyl sites for hydroxylation is 1. The Labute approximate surface area is 197 Å². The molecule has 0 bridgehead atoms. The van der Waals surface area contributed by atoms with Crippen molar-refractivity contribution >= 4 is 39.3 Å².